The summed E-state index contributed by atoms with van der Waals surface area (Å²) < 4.78 is 16.0. The fourth-order valence-electron chi connectivity index (χ4n) is 2.11. The lowest BCUT2D eigenvalue weighted by Gasteiger charge is -2.03. The predicted octanol–water partition coefficient (Wildman–Crippen LogP) is 3.38. The van der Waals surface area contributed by atoms with Gasteiger partial charge in [0.05, 0.1) is 5.56 Å². The Hall–Kier alpha value is -2.33. The van der Waals surface area contributed by atoms with Crippen LogP contribution in [0.1, 0.15) is 10.4 Å². The molecular weight excluding hydrogens is 244 g/mol. The van der Waals surface area contributed by atoms with Crippen molar-refractivity contribution in [2.45, 2.75) is 0 Å². The molecule has 4 nitrogen and oxygen atoms in total. The second-order valence-corrected chi connectivity index (χ2v) is 4.15. The van der Waals surface area contributed by atoms with Crippen LogP contribution in [0.4, 0.5) is 0 Å². The van der Waals surface area contributed by atoms with Crippen LogP contribution in [0.2, 0.25) is 0 Å². The van der Waals surface area contributed by atoms with E-state index in [0.29, 0.717) is 16.9 Å². The molecule has 0 saturated heterocycles. The second-order valence-electron chi connectivity index (χ2n) is 4.15. The fourth-order valence-corrected chi connectivity index (χ4v) is 2.11. The zero-order chi connectivity index (χ0) is 13.2. The zero-order valence-corrected chi connectivity index (χ0v) is 10.4. The van der Waals surface area contributed by atoms with Crippen molar-refractivity contribution < 1.29 is 18.7 Å². The summed E-state index contributed by atoms with van der Waals surface area (Å²) in [5.74, 6) is 0.702. The molecule has 0 fully saturated rings. The van der Waals surface area contributed by atoms with E-state index < -0.39 is 0 Å². The van der Waals surface area contributed by atoms with E-state index in [1.165, 1.54) is 0 Å². The minimum absolute atomic E-state index is 0.195. The summed E-state index contributed by atoms with van der Waals surface area (Å²) in [5, 5.41) is 1.83. The number of hydrogen-bond donors (Lipinski definition) is 0. The maximum absolute atomic E-state index is 11.0. The van der Waals surface area contributed by atoms with Crippen LogP contribution >= 0.6 is 0 Å². The Bertz CT molecular complexity index is 742. The number of aldehydes is 1. The van der Waals surface area contributed by atoms with Gasteiger partial charge in [-0.05, 0) is 24.3 Å². The van der Waals surface area contributed by atoms with Crippen molar-refractivity contribution >= 4 is 28.2 Å². The van der Waals surface area contributed by atoms with E-state index in [9.17, 15) is 4.79 Å². The van der Waals surface area contributed by atoms with Gasteiger partial charge in [-0.1, -0.05) is 12.1 Å². The van der Waals surface area contributed by atoms with E-state index in [4.69, 9.17) is 13.9 Å². The summed E-state index contributed by atoms with van der Waals surface area (Å²) in [7, 11) is 1.57. The highest BCUT2D eigenvalue weighted by atomic mass is 16.7. The van der Waals surface area contributed by atoms with Gasteiger partial charge in [-0.3, -0.25) is 4.79 Å². The number of furan rings is 1. The first-order valence-electron chi connectivity index (χ1n) is 5.85. The molecule has 0 aliphatic rings. The molecule has 0 atom stereocenters. The zero-order valence-electron chi connectivity index (χ0n) is 10.4. The van der Waals surface area contributed by atoms with Crippen molar-refractivity contribution in [1.82, 2.24) is 0 Å². The number of rotatable bonds is 4. The second kappa shape index (κ2) is 4.74. The molecule has 96 valence electrons. The Morgan fingerprint density at radius 1 is 1.21 bits per heavy atom. The average Bonchev–Trinajstić information content (AvgIpc) is 2.83. The normalized spacial score (nSPS) is 11.0. The maximum atomic E-state index is 11.0. The lowest BCUT2D eigenvalue weighted by atomic mass is 10.1. The molecule has 0 N–H and O–H groups in total. The van der Waals surface area contributed by atoms with Crippen LogP contribution in [0.15, 0.2) is 40.8 Å². The molecule has 0 radical (unpaired) electrons. The topological polar surface area (TPSA) is 48.7 Å². The highest BCUT2D eigenvalue weighted by molar-refractivity contribution is 6.09. The summed E-state index contributed by atoms with van der Waals surface area (Å²) in [6, 6.07) is 11.0. The number of hydrogen-bond acceptors (Lipinski definition) is 4. The molecule has 0 bridgehead atoms. The first-order chi connectivity index (χ1) is 9.33. The van der Waals surface area contributed by atoms with E-state index in [1.54, 1.807) is 13.2 Å². The molecule has 19 heavy (non-hydrogen) atoms. The van der Waals surface area contributed by atoms with Crippen molar-refractivity contribution in [3.05, 3.63) is 42.0 Å². The molecule has 0 spiro atoms. The van der Waals surface area contributed by atoms with Gasteiger partial charge in [-0.2, -0.15) is 0 Å². The van der Waals surface area contributed by atoms with Crippen molar-refractivity contribution in [2.24, 2.45) is 0 Å². The minimum Gasteiger partial charge on any atom is -0.468 e. The van der Waals surface area contributed by atoms with Crippen LogP contribution < -0.4 is 4.74 Å². The summed E-state index contributed by atoms with van der Waals surface area (Å²) in [6.07, 6.45) is 0.799. The molecule has 1 heterocycles. The molecule has 0 aliphatic heterocycles. The number of methoxy groups -OCH3 is 1. The van der Waals surface area contributed by atoms with Crippen LogP contribution in [0, 0.1) is 0 Å². The molecule has 0 aliphatic carbocycles. The highest BCUT2D eigenvalue weighted by Crippen LogP contribution is 2.32. The lowest BCUT2D eigenvalue weighted by Crippen LogP contribution is -1.98. The number of carbonyl (C=O) groups excluding carboxylic acids is 1. The SMILES string of the molecule is COCOc1ccc2oc3c(C=O)cccc3c2c1. The number of para-hydroxylation sites is 1. The van der Waals surface area contributed by atoms with Gasteiger partial charge < -0.3 is 13.9 Å². The third-order valence-electron chi connectivity index (χ3n) is 2.97. The molecule has 1 aromatic heterocycles. The minimum atomic E-state index is 0.195. The smallest absolute Gasteiger partial charge is 0.188 e. The van der Waals surface area contributed by atoms with Crippen LogP contribution in [-0.4, -0.2) is 20.2 Å². The summed E-state index contributed by atoms with van der Waals surface area (Å²) in [6.45, 7) is 0.195. The van der Waals surface area contributed by atoms with Gasteiger partial charge in [0, 0.05) is 17.9 Å². The van der Waals surface area contributed by atoms with Gasteiger partial charge >= 0.3 is 0 Å². The van der Waals surface area contributed by atoms with Gasteiger partial charge in [-0.15, -0.1) is 0 Å². The Labute approximate surface area is 109 Å². The summed E-state index contributed by atoms with van der Waals surface area (Å²) in [5.41, 5.74) is 1.89. The average molecular weight is 256 g/mol. The molecule has 2 aromatic carbocycles. The standard InChI is InChI=1S/C15H12O4/c1-17-9-18-11-5-6-14-13(7-11)12-4-2-3-10(8-16)15(12)19-14/h2-8H,9H2,1H3. The van der Waals surface area contributed by atoms with Crippen molar-refractivity contribution in [3.63, 3.8) is 0 Å². The van der Waals surface area contributed by atoms with Gasteiger partial charge in [0.2, 0.25) is 0 Å². The molecule has 0 saturated carbocycles. The fraction of sp³-hybridized carbons (Fsp3) is 0.133. The van der Waals surface area contributed by atoms with Crippen LogP contribution in [0.25, 0.3) is 21.9 Å². The lowest BCUT2D eigenvalue weighted by molar-refractivity contribution is 0.0512. The molecule has 3 rings (SSSR count). The number of benzene rings is 2. The number of fused-ring (bicyclic) bond motifs is 3. The van der Waals surface area contributed by atoms with Gasteiger partial charge in [0.15, 0.2) is 13.1 Å². The van der Waals surface area contributed by atoms with E-state index >= 15 is 0 Å². The first kappa shape index (κ1) is 11.7. The van der Waals surface area contributed by atoms with E-state index in [2.05, 4.69) is 0 Å². The maximum Gasteiger partial charge on any atom is 0.188 e. The van der Waals surface area contributed by atoms with Gasteiger partial charge in [-0.25, -0.2) is 0 Å². The van der Waals surface area contributed by atoms with Crippen molar-refractivity contribution in [1.29, 1.82) is 0 Å². The molecule has 0 amide bonds. The molecule has 0 unspecified atom stereocenters. The summed E-state index contributed by atoms with van der Waals surface area (Å²) in [4.78, 5) is 11.0. The first-order valence-corrected chi connectivity index (χ1v) is 5.85. The van der Waals surface area contributed by atoms with Crippen LogP contribution in [0.5, 0.6) is 5.75 Å². The Morgan fingerprint density at radius 3 is 2.89 bits per heavy atom. The number of carbonyl (C=O) groups is 1. The molecule has 3 aromatic rings. The predicted molar refractivity (Wildman–Crippen MR) is 71.6 cm³/mol. The van der Waals surface area contributed by atoms with E-state index in [-0.39, 0.29) is 6.79 Å². The Kier molecular flexibility index (Phi) is 2.93. The third-order valence-corrected chi connectivity index (χ3v) is 2.97. The van der Waals surface area contributed by atoms with Crippen molar-refractivity contribution in [3.8, 4) is 5.75 Å². The Balaban J connectivity index is 2.21. The van der Waals surface area contributed by atoms with Gasteiger partial charge in [0.1, 0.15) is 16.9 Å². The van der Waals surface area contributed by atoms with E-state index in [1.807, 2.05) is 30.3 Å². The molecular formula is C15H12O4. The van der Waals surface area contributed by atoms with Crippen LogP contribution in [0.3, 0.4) is 0 Å². The quantitative estimate of drug-likeness (QED) is 0.530. The van der Waals surface area contributed by atoms with Crippen molar-refractivity contribution in [2.75, 3.05) is 13.9 Å². The number of ether oxygens (including phenoxy) is 2. The van der Waals surface area contributed by atoms with Crippen LogP contribution in [-0.2, 0) is 4.74 Å². The van der Waals surface area contributed by atoms with E-state index in [0.717, 1.165) is 22.6 Å². The molecule has 4 heteroatoms. The Morgan fingerprint density at radius 2 is 2.11 bits per heavy atom. The largest absolute Gasteiger partial charge is 0.468 e. The third kappa shape index (κ3) is 1.96. The van der Waals surface area contributed by atoms with Gasteiger partial charge in [0.25, 0.3) is 0 Å². The monoisotopic (exact) mass is 256 g/mol. The highest BCUT2D eigenvalue weighted by Gasteiger charge is 2.10. The summed E-state index contributed by atoms with van der Waals surface area (Å²) >= 11 is 0.